The zero-order valence-corrected chi connectivity index (χ0v) is 16.5. The van der Waals surface area contributed by atoms with E-state index in [1.807, 2.05) is 6.07 Å². The summed E-state index contributed by atoms with van der Waals surface area (Å²) in [5.41, 5.74) is 0.511. The molecule has 0 aliphatic heterocycles. The van der Waals surface area contributed by atoms with E-state index >= 15 is 0 Å². The Balaban J connectivity index is 2.67. The standard InChI is InChI=1S/C18H29NO4Si/c1-18(2,3)24(5,6)23-13-12-15(17(21)22-4)19-16(20)14-10-8-7-9-11-14/h7-11,15H,12-13H2,1-6H3,(H,19,20)/t15-/m0/s1. The van der Waals surface area contributed by atoms with Gasteiger partial charge in [-0.3, -0.25) is 4.79 Å². The first-order valence-corrected chi connectivity index (χ1v) is 11.1. The second-order valence-corrected chi connectivity index (χ2v) is 12.1. The molecule has 0 bridgehead atoms. The molecule has 0 saturated carbocycles. The number of carbonyl (C=O) groups excluding carboxylic acids is 2. The minimum Gasteiger partial charge on any atom is -0.467 e. The molecule has 1 N–H and O–H groups in total. The van der Waals surface area contributed by atoms with Crippen molar-refractivity contribution < 1.29 is 18.8 Å². The molecule has 0 radical (unpaired) electrons. The second kappa shape index (κ2) is 8.44. The molecule has 24 heavy (non-hydrogen) atoms. The van der Waals surface area contributed by atoms with E-state index in [1.54, 1.807) is 24.3 Å². The second-order valence-electron chi connectivity index (χ2n) is 7.31. The van der Waals surface area contributed by atoms with Crippen LogP contribution in [0.5, 0.6) is 0 Å². The first-order valence-electron chi connectivity index (χ1n) is 8.16. The molecular weight excluding hydrogens is 322 g/mol. The number of methoxy groups -OCH3 is 1. The molecule has 0 unspecified atom stereocenters. The smallest absolute Gasteiger partial charge is 0.328 e. The van der Waals surface area contributed by atoms with Crippen LogP contribution in [0.3, 0.4) is 0 Å². The summed E-state index contributed by atoms with van der Waals surface area (Å²) in [6.07, 6.45) is 0.387. The van der Waals surface area contributed by atoms with Crippen LogP contribution in [0.4, 0.5) is 0 Å². The average molecular weight is 352 g/mol. The Morgan fingerprint density at radius 1 is 1.17 bits per heavy atom. The fourth-order valence-electron chi connectivity index (χ4n) is 1.87. The molecule has 1 aromatic carbocycles. The summed E-state index contributed by atoms with van der Waals surface area (Å²) >= 11 is 0. The van der Waals surface area contributed by atoms with Gasteiger partial charge >= 0.3 is 5.97 Å². The number of nitrogens with one attached hydrogen (secondary N) is 1. The number of esters is 1. The third kappa shape index (κ3) is 5.76. The van der Waals surface area contributed by atoms with E-state index in [0.29, 0.717) is 18.6 Å². The molecule has 1 aromatic rings. The number of ether oxygens (including phenoxy) is 1. The highest BCUT2D eigenvalue weighted by atomic mass is 28.4. The predicted octanol–water partition coefficient (Wildman–Crippen LogP) is 3.37. The zero-order chi connectivity index (χ0) is 18.4. The Morgan fingerprint density at radius 3 is 2.25 bits per heavy atom. The summed E-state index contributed by atoms with van der Waals surface area (Å²) in [6, 6.07) is 8.09. The lowest BCUT2D eigenvalue weighted by molar-refractivity contribution is -0.143. The van der Waals surface area contributed by atoms with E-state index in [1.165, 1.54) is 7.11 Å². The molecule has 1 rings (SSSR count). The largest absolute Gasteiger partial charge is 0.467 e. The van der Waals surface area contributed by atoms with Gasteiger partial charge < -0.3 is 14.5 Å². The van der Waals surface area contributed by atoms with Crippen molar-refractivity contribution in [2.45, 2.75) is 51.4 Å². The van der Waals surface area contributed by atoms with Crippen molar-refractivity contribution in [3.05, 3.63) is 35.9 Å². The summed E-state index contributed by atoms with van der Waals surface area (Å²) in [6.45, 7) is 11.2. The molecule has 0 fully saturated rings. The van der Waals surface area contributed by atoms with Crippen LogP contribution in [0.25, 0.3) is 0 Å². The van der Waals surface area contributed by atoms with Crippen LogP contribution in [-0.4, -0.2) is 40.0 Å². The zero-order valence-electron chi connectivity index (χ0n) is 15.5. The highest BCUT2D eigenvalue weighted by Gasteiger charge is 2.37. The number of hydrogen-bond acceptors (Lipinski definition) is 4. The monoisotopic (exact) mass is 351 g/mol. The van der Waals surface area contributed by atoms with E-state index in [-0.39, 0.29) is 10.9 Å². The highest BCUT2D eigenvalue weighted by Crippen LogP contribution is 2.36. The van der Waals surface area contributed by atoms with Gasteiger partial charge in [0.2, 0.25) is 0 Å². The van der Waals surface area contributed by atoms with E-state index in [2.05, 4.69) is 39.2 Å². The minimum atomic E-state index is -1.89. The van der Waals surface area contributed by atoms with Gasteiger partial charge in [-0.05, 0) is 30.3 Å². The van der Waals surface area contributed by atoms with Crippen LogP contribution < -0.4 is 5.32 Å². The van der Waals surface area contributed by atoms with Crippen molar-refractivity contribution >= 4 is 20.2 Å². The van der Waals surface area contributed by atoms with Crippen LogP contribution >= 0.6 is 0 Å². The summed E-state index contributed by atoms with van der Waals surface area (Å²) < 4.78 is 10.9. The maximum atomic E-state index is 12.2. The van der Waals surface area contributed by atoms with E-state index in [4.69, 9.17) is 9.16 Å². The molecule has 1 amide bonds. The Hall–Kier alpha value is -1.66. The lowest BCUT2D eigenvalue weighted by Gasteiger charge is -2.36. The third-order valence-corrected chi connectivity index (χ3v) is 9.04. The molecular formula is C18H29NO4Si. The summed E-state index contributed by atoms with van der Waals surface area (Å²) in [4.78, 5) is 24.2. The van der Waals surface area contributed by atoms with Gasteiger partial charge in [-0.15, -0.1) is 0 Å². The van der Waals surface area contributed by atoms with Crippen molar-refractivity contribution in [3.63, 3.8) is 0 Å². The number of hydrogen-bond donors (Lipinski definition) is 1. The molecule has 6 heteroatoms. The molecule has 0 heterocycles. The molecule has 134 valence electrons. The fraction of sp³-hybridized carbons (Fsp3) is 0.556. The quantitative estimate of drug-likeness (QED) is 0.604. The third-order valence-electron chi connectivity index (χ3n) is 4.50. The average Bonchev–Trinajstić information content (AvgIpc) is 2.52. The number of rotatable bonds is 7. The van der Waals surface area contributed by atoms with Crippen LogP contribution in [0.15, 0.2) is 30.3 Å². The van der Waals surface area contributed by atoms with Gasteiger partial charge in [-0.2, -0.15) is 0 Å². The van der Waals surface area contributed by atoms with Crippen molar-refractivity contribution in [2.75, 3.05) is 13.7 Å². The number of amides is 1. The van der Waals surface area contributed by atoms with E-state index in [9.17, 15) is 9.59 Å². The maximum absolute atomic E-state index is 12.2. The molecule has 0 aliphatic rings. The summed E-state index contributed by atoms with van der Waals surface area (Å²) in [5.74, 6) is -0.753. The molecule has 0 aromatic heterocycles. The van der Waals surface area contributed by atoms with Gasteiger partial charge in [0, 0.05) is 18.6 Å². The van der Waals surface area contributed by atoms with Gasteiger partial charge in [0.1, 0.15) is 6.04 Å². The Morgan fingerprint density at radius 2 is 1.75 bits per heavy atom. The van der Waals surface area contributed by atoms with Crippen molar-refractivity contribution in [2.24, 2.45) is 0 Å². The summed E-state index contributed by atoms with van der Waals surface area (Å²) in [5, 5.41) is 2.83. The topological polar surface area (TPSA) is 64.6 Å². The molecule has 0 saturated heterocycles. The number of benzene rings is 1. The molecule has 5 nitrogen and oxygen atoms in total. The van der Waals surface area contributed by atoms with Gasteiger partial charge in [-0.25, -0.2) is 4.79 Å². The van der Waals surface area contributed by atoms with Gasteiger partial charge in [0.25, 0.3) is 5.91 Å². The SMILES string of the molecule is COC(=O)[C@H](CCO[Si](C)(C)C(C)(C)C)NC(=O)c1ccccc1. The fourth-order valence-corrected chi connectivity index (χ4v) is 2.93. The minimum absolute atomic E-state index is 0.0983. The van der Waals surface area contributed by atoms with Crippen LogP contribution in [0.1, 0.15) is 37.6 Å². The van der Waals surface area contributed by atoms with Gasteiger partial charge in [0.15, 0.2) is 8.32 Å². The molecule has 0 spiro atoms. The van der Waals surface area contributed by atoms with Crippen molar-refractivity contribution in [3.8, 4) is 0 Å². The Kier molecular flexibility index (Phi) is 7.17. The predicted molar refractivity (Wildman–Crippen MR) is 97.5 cm³/mol. The number of carbonyl (C=O) groups is 2. The first kappa shape index (κ1) is 20.4. The lowest BCUT2D eigenvalue weighted by Crippen LogP contribution is -2.45. The Bertz CT molecular complexity index is 552. The van der Waals surface area contributed by atoms with Gasteiger partial charge in [0.05, 0.1) is 7.11 Å². The summed E-state index contributed by atoms with van der Waals surface area (Å²) in [7, 11) is -0.567. The van der Waals surface area contributed by atoms with Crippen LogP contribution in [0.2, 0.25) is 18.1 Å². The molecule has 1 atom stereocenters. The van der Waals surface area contributed by atoms with Crippen molar-refractivity contribution in [1.82, 2.24) is 5.32 Å². The first-order chi connectivity index (χ1) is 11.1. The lowest BCUT2D eigenvalue weighted by atomic mass is 10.1. The Labute approximate surface area is 145 Å². The van der Waals surface area contributed by atoms with Crippen LogP contribution in [0, 0.1) is 0 Å². The van der Waals surface area contributed by atoms with Gasteiger partial charge in [-0.1, -0.05) is 39.0 Å². The van der Waals surface area contributed by atoms with E-state index < -0.39 is 20.3 Å². The maximum Gasteiger partial charge on any atom is 0.328 e. The highest BCUT2D eigenvalue weighted by molar-refractivity contribution is 6.74. The normalized spacial score (nSPS) is 13.2. The van der Waals surface area contributed by atoms with Crippen molar-refractivity contribution in [1.29, 1.82) is 0 Å². The van der Waals surface area contributed by atoms with Crippen LogP contribution in [-0.2, 0) is 14.0 Å². The molecule has 0 aliphatic carbocycles. The van der Waals surface area contributed by atoms with E-state index in [0.717, 1.165) is 0 Å².